The quantitative estimate of drug-likeness (QED) is 0.0593. The van der Waals surface area contributed by atoms with Crippen molar-refractivity contribution in [3.05, 3.63) is 0 Å². The molecule has 4 aliphatic rings. The molecule has 0 bridgehead atoms. The van der Waals surface area contributed by atoms with Crippen LogP contribution in [0, 0.1) is 5.92 Å². The zero-order valence-corrected chi connectivity index (χ0v) is 23.7. The topological polar surface area (TPSA) is 318 Å². The van der Waals surface area contributed by atoms with E-state index in [9.17, 15) is 25.2 Å². The summed E-state index contributed by atoms with van der Waals surface area (Å²) < 4.78 is 18.0. The second kappa shape index (κ2) is 13.9. The van der Waals surface area contributed by atoms with Gasteiger partial charge in [0.25, 0.3) is 5.91 Å². The molecular weight excluding hydrogens is 554 g/mol. The van der Waals surface area contributed by atoms with Crippen LogP contribution in [0.15, 0.2) is 4.99 Å². The highest BCUT2D eigenvalue weighted by molar-refractivity contribution is 5.90. The molecule has 2 aliphatic heterocycles. The number of nitrogens with two attached hydrogens (primary N) is 6. The van der Waals surface area contributed by atoms with Gasteiger partial charge in [-0.1, -0.05) is 0 Å². The number of carbonyl (C=O) groups excluding carboxylic acids is 1. The van der Waals surface area contributed by atoms with Gasteiger partial charge in [-0.25, -0.2) is 4.99 Å². The van der Waals surface area contributed by atoms with Crippen LogP contribution in [-0.4, -0.2) is 137 Å². The molecule has 0 aromatic heterocycles. The molecule has 42 heavy (non-hydrogen) atoms. The van der Waals surface area contributed by atoms with Crippen molar-refractivity contribution in [3.63, 3.8) is 0 Å². The molecule has 2 heterocycles. The van der Waals surface area contributed by atoms with Crippen molar-refractivity contribution in [2.75, 3.05) is 26.2 Å². The maximum atomic E-state index is 13.1. The first-order valence-electron chi connectivity index (χ1n) is 14.6. The molecule has 242 valence electrons. The van der Waals surface area contributed by atoms with E-state index in [4.69, 9.17) is 48.6 Å². The molecule has 17 heteroatoms. The van der Waals surface area contributed by atoms with E-state index in [1.165, 1.54) is 0 Å². The number of aliphatic imine (C=N–C) groups is 1. The standard InChI is InChI=1S/C25H49N9O8/c26-4-1-5-32-8-10-2-3-11(27)20(41-10)16-12(28)6-13(33-23(38)25(39)7-15(25)34-24(30)31)21(18(16)36)42-22-19(37)17(29)14(35)9-40-22/h10-22,32,35-37,39H,1-9,26-29H2,(H,33,38)(H4,30,31,34). The van der Waals surface area contributed by atoms with Crippen LogP contribution < -0.4 is 45.0 Å². The highest BCUT2D eigenvalue weighted by Gasteiger charge is 2.61. The molecule has 14 atom stereocenters. The molecule has 4 fully saturated rings. The van der Waals surface area contributed by atoms with E-state index < -0.39 is 84.4 Å². The van der Waals surface area contributed by atoms with Crippen molar-refractivity contribution in [3.8, 4) is 0 Å². The van der Waals surface area contributed by atoms with Gasteiger partial charge in [0.05, 0.1) is 49.1 Å². The number of ether oxygens (including phenoxy) is 3. The van der Waals surface area contributed by atoms with Gasteiger partial charge in [0, 0.05) is 31.0 Å². The Morgan fingerprint density at radius 1 is 1.10 bits per heavy atom. The van der Waals surface area contributed by atoms with E-state index in [0.717, 1.165) is 19.4 Å². The lowest BCUT2D eigenvalue weighted by Crippen LogP contribution is -2.69. The first-order valence-corrected chi connectivity index (χ1v) is 14.6. The normalized spacial score (nSPS) is 45.7. The number of aliphatic hydroxyl groups is 4. The van der Waals surface area contributed by atoms with Gasteiger partial charge in [0.2, 0.25) is 0 Å². The average Bonchev–Trinajstić information content (AvgIpc) is 3.59. The van der Waals surface area contributed by atoms with Gasteiger partial charge in [0.1, 0.15) is 12.2 Å². The van der Waals surface area contributed by atoms with Crippen LogP contribution in [0.2, 0.25) is 0 Å². The highest BCUT2D eigenvalue weighted by atomic mass is 16.7. The highest BCUT2D eigenvalue weighted by Crippen LogP contribution is 2.41. The Morgan fingerprint density at radius 2 is 1.83 bits per heavy atom. The minimum Gasteiger partial charge on any atom is -0.390 e. The Morgan fingerprint density at radius 3 is 2.52 bits per heavy atom. The predicted molar refractivity (Wildman–Crippen MR) is 150 cm³/mol. The first-order chi connectivity index (χ1) is 19.9. The largest absolute Gasteiger partial charge is 0.390 e. The molecule has 14 unspecified atom stereocenters. The minimum absolute atomic E-state index is 0.00880. The van der Waals surface area contributed by atoms with Crippen LogP contribution in [0.3, 0.4) is 0 Å². The molecule has 1 amide bonds. The second-order valence-electron chi connectivity index (χ2n) is 12.0. The number of nitrogens with one attached hydrogen (secondary N) is 2. The molecule has 2 aliphatic carbocycles. The number of guanidine groups is 1. The third-order valence-electron chi connectivity index (χ3n) is 8.80. The van der Waals surface area contributed by atoms with Crippen molar-refractivity contribution in [2.45, 2.75) is 111 Å². The Bertz CT molecular complexity index is 948. The molecule has 18 N–H and O–H groups in total. The summed E-state index contributed by atoms with van der Waals surface area (Å²) in [6.45, 7) is 1.69. The molecule has 0 aromatic carbocycles. The third kappa shape index (κ3) is 7.31. The van der Waals surface area contributed by atoms with E-state index >= 15 is 0 Å². The third-order valence-corrected chi connectivity index (χ3v) is 8.80. The van der Waals surface area contributed by atoms with Gasteiger partial charge in [-0.3, -0.25) is 4.79 Å². The van der Waals surface area contributed by atoms with E-state index in [-0.39, 0.29) is 31.5 Å². The average molecular weight is 604 g/mol. The van der Waals surface area contributed by atoms with Crippen molar-refractivity contribution in [1.82, 2.24) is 10.6 Å². The number of hydrogen-bond donors (Lipinski definition) is 12. The van der Waals surface area contributed by atoms with Crippen LogP contribution in [0.1, 0.15) is 32.1 Å². The summed E-state index contributed by atoms with van der Waals surface area (Å²) in [5.74, 6) is -1.73. The monoisotopic (exact) mass is 603 g/mol. The Labute approximate surface area is 244 Å². The van der Waals surface area contributed by atoms with Gasteiger partial charge < -0.3 is 79.7 Å². The van der Waals surface area contributed by atoms with Crippen LogP contribution in [0.5, 0.6) is 0 Å². The zero-order valence-electron chi connectivity index (χ0n) is 23.7. The summed E-state index contributed by atoms with van der Waals surface area (Å²) in [4.78, 5) is 17.0. The van der Waals surface area contributed by atoms with Gasteiger partial charge in [-0.05, 0) is 38.8 Å². The number of carbonyl (C=O) groups is 1. The number of rotatable bonds is 11. The summed E-state index contributed by atoms with van der Waals surface area (Å²) in [6.07, 6.45) is -4.86. The van der Waals surface area contributed by atoms with Gasteiger partial charge in [0.15, 0.2) is 17.9 Å². The molecule has 17 nitrogen and oxygen atoms in total. The van der Waals surface area contributed by atoms with Gasteiger partial charge in [-0.2, -0.15) is 0 Å². The maximum Gasteiger partial charge on any atom is 0.254 e. The Kier molecular flexibility index (Phi) is 11.0. The predicted octanol–water partition coefficient (Wildman–Crippen LogP) is -6.44. The van der Waals surface area contributed by atoms with Crippen molar-refractivity contribution >= 4 is 11.9 Å². The number of nitrogens with zero attached hydrogens (tertiary/aromatic N) is 1. The second-order valence-corrected chi connectivity index (χ2v) is 12.0. The van der Waals surface area contributed by atoms with Crippen LogP contribution >= 0.6 is 0 Å². The van der Waals surface area contributed by atoms with Crippen molar-refractivity contribution in [1.29, 1.82) is 0 Å². The molecule has 4 rings (SSSR count). The summed E-state index contributed by atoms with van der Waals surface area (Å²) >= 11 is 0. The summed E-state index contributed by atoms with van der Waals surface area (Å²) in [7, 11) is 0. The fourth-order valence-electron chi connectivity index (χ4n) is 6.19. The van der Waals surface area contributed by atoms with Crippen LogP contribution in [-0.2, 0) is 19.0 Å². The molecule has 2 saturated heterocycles. The first kappa shape index (κ1) is 33.2. The van der Waals surface area contributed by atoms with E-state index in [2.05, 4.69) is 15.6 Å². The number of amides is 1. The molecule has 0 aromatic rings. The fraction of sp³-hybridized carbons (Fsp3) is 0.920. The summed E-state index contributed by atoms with van der Waals surface area (Å²) in [6, 6.07) is -3.91. The van der Waals surface area contributed by atoms with E-state index in [0.29, 0.717) is 19.5 Å². The van der Waals surface area contributed by atoms with Crippen molar-refractivity contribution < 1.29 is 39.4 Å². The molecule has 0 radical (unpaired) electrons. The van der Waals surface area contributed by atoms with Gasteiger partial charge in [-0.15, -0.1) is 0 Å². The van der Waals surface area contributed by atoms with E-state index in [1.807, 2.05) is 0 Å². The van der Waals surface area contributed by atoms with Crippen LogP contribution in [0.4, 0.5) is 0 Å². The number of aliphatic hydroxyl groups excluding tert-OH is 3. The van der Waals surface area contributed by atoms with Crippen molar-refractivity contribution in [2.24, 2.45) is 45.3 Å². The SMILES string of the molecule is NCCCNCC1CCC(N)C(C2C(N)CC(NC(=O)C3(O)CC3N=C(N)N)C(OC3OCC(O)C(N)C3O)C2O)O1. The maximum absolute atomic E-state index is 13.1. The lowest BCUT2D eigenvalue weighted by molar-refractivity contribution is -0.282. The number of hydrogen-bond acceptors (Lipinski definition) is 14. The Hall–Kier alpha value is -1.74. The molecule has 0 spiro atoms. The Balaban J connectivity index is 1.52. The lowest BCUT2D eigenvalue weighted by Gasteiger charge is -2.50. The zero-order chi connectivity index (χ0) is 30.8. The summed E-state index contributed by atoms with van der Waals surface area (Å²) in [5.41, 5.74) is 33.5. The lowest BCUT2D eigenvalue weighted by atomic mass is 9.72. The summed E-state index contributed by atoms with van der Waals surface area (Å²) in [5, 5.41) is 49.2. The molecule has 2 saturated carbocycles. The van der Waals surface area contributed by atoms with E-state index in [1.54, 1.807) is 0 Å². The van der Waals surface area contributed by atoms with Crippen LogP contribution in [0.25, 0.3) is 0 Å². The van der Waals surface area contributed by atoms with Gasteiger partial charge >= 0.3 is 0 Å². The fourth-order valence-corrected chi connectivity index (χ4v) is 6.19. The smallest absolute Gasteiger partial charge is 0.254 e. The minimum atomic E-state index is -1.84. The molecular formula is C25H49N9O8.